The molecule has 0 radical (unpaired) electrons. The third kappa shape index (κ3) is 2.28. The highest BCUT2D eigenvalue weighted by atomic mass is 79.9. The Labute approximate surface area is 107 Å². The van der Waals surface area contributed by atoms with Crippen molar-refractivity contribution in [2.75, 3.05) is 0 Å². The van der Waals surface area contributed by atoms with Crippen molar-refractivity contribution in [3.63, 3.8) is 0 Å². The summed E-state index contributed by atoms with van der Waals surface area (Å²) < 4.78 is 19.5. The van der Waals surface area contributed by atoms with Gasteiger partial charge in [0.1, 0.15) is 23.4 Å². The van der Waals surface area contributed by atoms with Crippen LogP contribution in [0, 0.1) is 19.7 Å². The van der Waals surface area contributed by atoms with Gasteiger partial charge >= 0.3 is 0 Å². The van der Waals surface area contributed by atoms with E-state index in [1.807, 2.05) is 0 Å². The summed E-state index contributed by atoms with van der Waals surface area (Å²) in [5.74, 6) is 0.861. The van der Waals surface area contributed by atoms with E-state index < -0.39 is 11.9 Å². The Balaban J connectivity index is 2.47. The molecule has 4 heteroatoms. The number of halogens is 2. The van der Waals surface area contributed by atoms with E-state index in [1.165, 1.54) is 0 Å². The highest BCUT2D eigenvalue weighted by Crippen LogP contribution is 2.31. The van der Waals surface area contributed by atoms with Crippen LogP contribution in [0.3, 0.4) is 0 Å². The third-order valence-electron chi connectivity index (χ3n) is 2.65. The van der Waals surface area contributed by atoms with Crippen molar-refractivity contribution in [3.8, 4) is 0 Å². The Bertz CT molecular complexity index is 548. The van der Waals surface area contributed by atoms with Gasteiger partial charge in [0.05, 0.1) is 4.47 Å². The summed E-state index contributed by atoms with van der Waals surface area (Å²) in [4.78, 5) is 0. The molecule has 2 aromatic rings. The van der Waals surface area contributed by atoms with Gasteiger partial charge in [-0.1, -0.05) is 12.1 Å². The van der Waals surface area contributed by atoms with Crippen LogP contribution in [0.4, 0.5) is 4.39 Å². The number of rotatable bonds is 2. The monoisotopic (exact) mass is 298 g/mol. The quantitative estimate of drug-likeness (QED) is 0.913. The molecule has 0 aliphatic rings. The van der Waals surface area contributed by atoms with Crippen molar-refractivity contribution in [2.24, 2.45) is 0 Å². The van der Waals surface area contributed by atoms with Crippen molar-refractivity contribution in [1.29, 1.82) is 0 Å². The SMILES string of the molecule is Cc1cc(C(O)c2cccc(Br)c2F)c(C)o1. The number of hydrogen-bond donors (Lipinski definition) is 1. The molecule has 0 spiro atoms. The van der Waals surface area contributed by atoms with Crippen molar-refractivity contribution in [3.05, 3.63) is 57.2 Å². The lowest BCUT2D eigenvalue weighted by Crippen LogP contribution is -2.03. The zero-order chi connectivity index (χ0) is 12.6. The summed E-state index contributed by atoms with van der Waals surface area (Å²) in [5, 5.41) is 10.2. The second kappa shape index (κ2) is 4.63. The third-order valence-corrected chi connectivity index (χ3v) is 3.26. The Kier molecular flexibility index (Phi) is 3.35. The van der Waals surface area contributed by atoms with Crippen LogP contribution in [0.25, 0.3) is 0 Å². The Morgan fingerprint density at radius 2 is 2.00 bits per heavy atom. The van der Waals surface area contributed by atoms with Gasteiger partial charge in [-0.3, -0.25) is 0 Å². The summed E-state index contributed by atoms with van der Waals surface area (Å²) in [6.45, 7) is 3.54. The fourth-order valence-corrected chi connectivity index (χ4v) is 2.20. The second-order valence-corrected chi connectivity index (χ2v) is 4.77. The number of benzene rings is 1. The molecule has 1 aromatic carbocycles. The topological polar surface area (TPSA) is 33.4 Å². The zero-order valence-corrected chi connectivity index (χ0v) is 11.1. The number of furan rings is 1. The van der Waals surface area contributed by atoms with E-state index in [-0.39, 0.29) is 5.56 Å². The summed E-state index contributed by atoms with van der Waals surface area (Å²) in [7, 11) is 0. The normalized spacial score (nSPS) is 12.8. The number of hydrogen-bond acceptors (Lipinski definition) is 2. The van der Waals surface area contributed by atoms with E-state index in [4.69, 9.17) is 4.42 Å². The van der Waals surface area contributed by atoms with Gasteiger partial charge in [-0.25, -0.2) is 4.39 Å². The number of aliphatic hydroxyl groups is 1. The van der Waals surface area contributed by atoms with E-state index in [0.29, 0.717) is 21.6 Å². The van der Waals surface area contributed by atoms with Gasteiger partial charge in [-0.05, 0) is 41.9 Å². The fourth-order valence-electron chi connectivity index (χ4n) is 1.82. The first-order valence-corrected chi connectivity index (χ1v) is 5.99. The summed E-state index contributed by atoms with van der Waals surface area (Å²) in [5.41, 5.74) is 0.836. The molecule has 0 fully saturated rings. The minimum atomic E-state index is -1.01. The van der Waals surface area contributed by atoms with E-state index in [1.54, 1.807) is 38.1 Å². The maximum absolute atomic E-state index is 13.8. The van der Waals surface area contributed by atoms with Gasteiger partial charge in [0.15, 0.2) is 0 Å². The maximum Gasteiger partial charge on any atom is 0.143 e. The average molecular weight is 299 g/mol. The smallest absolute Gasteiger partial charge is 0.143 e. The molecule has 90 valence electrons. The Morgan fingerprint density at radius 1 is 1.29 bits per heavy atom. The van der Waals surface area contributed by atoms with Crippen LogP contribution in [0.2, 0.25) is 0 Å². The van der Waals surface area contributed by atoms with Crippen LogP contribution >= 0.6 is 15.9 Å². The molecule has 0 amide bonds. The van der Waals surface area contributed by atoms with Crippen LogP contribution in [0.5, 0.6) is 0 Å². The van der Waals surface area contributed by atoms with Gasteiger partial charge in [-0.2, -0.15) is 0 Å². The molecular weight excluding hydrogens is 287 g/mol. The van der Waals surface area contributed by atoms with E-state index in [9.17, 15) is 9.50 Å². The minimum absolute atomic E-state index is 0.239. The van der Waals surface area contributed by atoms with Gasteiger partial charge in [0, 0.05) is 11.1 Å². The molecule has 0 aliphatic heterocycles. The number of aryl methyl sites for hydroxylation is 2. The van der Waals surface area contributed by atoms with Crippen molar-refractivity contribution in [1.82, 2.24) is 0 Å². The summed E-state index contributed by atoms with van der Waals surface area (Å²) in [6, 6.07) is 6.57. The molecule has 1 N–H and O–H groups in total. The molecule has 1 heterocycles. The number of aliphatic hydroxyl groups excluding tert-OH is 1. The molecule has 0 bridgehead atoms. The van der Waals surface area contributed by atoms with Crippen LogP contribution in [0.15, 0.2) is 33.2 Å². The molecule has 2 nitrogen and oxygen atoms in total. The largest absolute Gasteiger partial charge is 0.466 e. The highest BCUT2D eigenvalue weighted by molar-refractivity contribution is 9.10. The maximum atomic E-state index is 13.8. The van der Waals surface area contributed by atoms with Crippen LogP contribution in [-0.4, -0.2) is 5.11 Å². The summed E-state index contributed by atoms with van der Waals surface area (Å²) in [6.07, 6.45) is -1.01. The van der Waals surface area contributed by atoms with Crippen molar-refractivity contribution < 1.29 is 13.9 Å². The molecule has 0 saturated heterocycles. The predicted octanol–water partition coefficient (Wildman–Crippen LogP) is 3.88. The molecule has 0 aliphatic carbocycles. The minimum Gasteiger partial charge on any atom is -0.466 e. The van der Waals surface area contributed by atoms with E-state index >= 15 is 0 Å². The molecule has 17 heavy (non-hydrogen) atoms. The van der Waals surface area contributed by atoms with Gasteiger partial charge in [-0.15, -0.1) is 0 Å². The van der Waals surface area contributed by atoms with Gasteiger partial charge < -0.3 is 9.52 Å². The molecule has 1 unspecified atom stereocenters. The first kappa shape index (κ1) is 12.3. The Hall–Kier alpha value is -1.13. The molecule has 2 rings (SSSR count). The second-order valence-electron chi connectivity index (χ2n) is 3.91. The predicted molar refractivity (Wildman–Crippen MR) is 66.3 cm³/mol. The lowest BCUT2D eigenvalue weighted by atomic mass is 10.0. The van der Waals surface area contributed by atoms with Crippen LogP contribution in [-0.2, 0) is 0 Å². The average Bonchev–Trinajstić information content (AvgIpc) is 2.61. The van der Waals surface area contributed by atoms with Gasteiger partial charge in [0.2, 0.25) is 0 Å². The molecule has 0 saturated carbocycles. The zero-order valence-electron chi connectivity index (χ0n) is 9.50. The van der Waals surface area contributed by atoms with Crippen LogP contribution in [0.1, 0.15) is 28.8 Å². The molecule has 1 aromatic heterocycles. The standard InChI is InChI=1S/C13H12BrFO2/c1-7-6-10(8(2)17-7)13(16)9-4-3-5-11(14)12(9)15/h3-6,13,16H,1-2H3. The van der Waals surface area contributed by atoms with E-state index in [2.05, 4.69) is 15.9 Å². The lowest BCUT2D eigenvalue weighted by Gasteiger charge is -2.11. The van der Waals surface area contributed by atoms with E-state index in [0.717, 1.165) is 0 Å². The molecular formula is C13H12BrFO2. The van der Waals surface area contributed by atoms with Crippen LogP contribution < -0.4 is 0 Å². The summed E-state index contributed by atoms with van der Waals surface area (Å²) >= 11 is 3.10. The van der Waals surface area contributed by atoms with Gasteiger partial charge in [0.25, 0.3) is 0 Å². The fraction of sp³-hybridized carbons (Fsp3) is 0.231. The first-order chi connectivity index (χ1) is 8.00. The Morgan fingerprint density at radius 3 is 2.59 bits per heavy atom. The van der Waals surface area contributed by atoms with Crippen molar-refractivity contribution in [2.45, 2.75) is 20.0 Å². The first-order valence-electron chi connectivity index (χ1n) is 5.19. The van der Waals surface area contributed by atoms with Crippen molar-refractivity contribution >= 4 is 15.9 Å². The highest BCUT2D eigenvalue weighted by Gasteiger charge is 2.20. The lowest BCUT2D eigenvalue weighted by molar-refractivity contribution is 0.212. The molecule has 1 atom stereocenters.